The van der Waals surface area contributed by atoms with E-state index in [1.165, 1.54) is 0 Å². The standard InChI is InChI=1S/C14H22N2O/c1-10-6-4-7-11(2)13(10)14(17)16-12(3)8-5-9-15/h4,6-7,12H,5,8-9,15H2,1-3H3,(H,16,17). The van der Waals surface area contributed by atoms with Crippen molar-refractivity contribution >= 4 is 5.91 Å². The highest BCUT2D eigenvalue weighted by Crippen LogP contribution is 2.13. The zero-order chi connectivity index (χ0) is 12.8. The molecule has 0 saturated heterocycles. The summed E-state index contributed by atoms with van der Waals surface area (Å²) in [6.45, 7) is 6.61. The summed E-state index contributed by atoms with van der Waals surface area (Å²) in [4.78, 5) is 12.1. The lowest BCUT2D eigenvalue weighted by atomic mass is 10.0. The van der Waals surface area contributed by atoms with Crippen LogP contribution in [0.3, 0.4) is 0 Å². The molecule has 0 fully saturated rings. The summed E-state index contributed by atoms with van der Waals surface area (Å²) in [5.41, 5.74) is 8.30. The Hall–Kier alpha value is -1.35. The number of amides is 1. The largest absolute Gasteiger partial charge is 0.350 e. The molecule has 0 heterocycles. The maximum absolute atomic E-state index is 12.1. The normalized spacial score (nSPS) is 12.2. The van der Waals surface area contributed by atoms with Crippen molar-refractivity contribution in [2.75, 3.05) is 6.54 Å². The first-order valence-electron chi connectivity index (χ1n) is 6.13. The zero-order valence-corrected chi connectivity index (χ0v) is 10.9. The molecule has 0 aliphatic heterocycles. The topological polar surface area (TPSA) is 55.1 Å². The quantitative estimate of drug-likeness (QED) is 0.820. The molecule has 0 aliphatic rings. The second-order valence-corrected chi connectivity index (χ2v) is 4.57. The van der Waals surface area contributed by atoms with Gasteiger partial charge in [0.25, 0.3) is 5.91 Å². The van der Waals surface area contributed by atoms with Gasteiger partial charge in [-0.3, -0.25) is 4.79 Å². The predicted octanol–water partition coefficient (Wildman–Crippen LogP) is 2.16. The van der Waals surface area contributed by atoms with Crippen LogP contribution in [0.5, 0.6) is 0 Å². The molecule has 1 unspecified atom stereocenters. The summed E-state index contributed by atoms with van der Waals surface area (Å²) >= 11 is 0. The fourth-order valence-electron chi connectivity index (χ4n) is 1.96. The van der Waals surface area contributed by atoms with E-state index < -0.39 is 0 Å². The second-order valence-electron chi connectivity index (χ2n) is 4.57. The van der Waals surface area contributed by atoms with Crippen LogP contribution >= 0.6 is 0 Å². The summed E-state index contributed by atoms with van der Waals surface area (Å²) in [6.07, 6.45) is 1.86. The van der Waals surface area contributed by atoms with Crippen LogP contribution in [-0.2, 0) is 0 Å². The van der Waals surface area contributed by atoms with Gasteiger partial charge >= 0.3 is 0 Å². The molecule has 0 saturated carbocycles. The molecule has 0 aromatic heterocycles. The van der Waals surface area contributed by atoms with Gasteiger partial charge in [0, 0.05) is 11.6 Å². The van der Waals surface area contributed by atoms with Gasteiger partial charge in [-0.15, -0.1) is 0 Å². The SMILES string of the molecule is Cc1cccc(C)c1C(=O)NC(C)CCCN. The minimum Gasteiger partial charge on any atom is -0.350 e. The Morgan fingerprint density at radius 2 is 1.94 bits per heavy atom. The first-order valence-corrected chi connectivity index (χ1v) is 6.13. The van der Waals surface area contributed by atoms with E-state index in [-0.39, 0.29) is 11.9 Å². The van der Waals surface area contributed by atoms with Crippen LogP contribution in [-0.4, -0.2) is 18.5 Å². The van der Waals surface area contributed by atoms with Crippen molar-refractivity contribution in [1.82, 2.24) is 5.32 Å². The van der Waals surface area contributed by atoms with Gasteiger partial charge in [0.05, 0.1) is 0 Å². The van der Waals surface area contributed by atoms with E-state index in [1.807, 2.05) is 39.0 Å². The maximum Gasteiger partial charge on any atom is 0.252 e. The van der Waals surface area contributed by atoms with E-state index in [4.69, 9.17) is 5.73 Å². The fraction of sp³-hybridized carbons (Fsp3) is 0.500. The van der Waals surface area contributed by atoms with Crippen molar-refractivity contribution in [2.45, 2.75) is 39.7 Å². The van der Waals surface area contributed by atoms with Crippen LogP contribution in [0.1, 0.15) is 41.3 Å². The highest BCUT2D eigenvalue weighted by atomic mass is 16.1. The van der Waals surface area contributed by atoms with Crippen LogP contribution in [0.2, 0.25) is 0 Å². The fourth-order valence-corrected chi connectivity index (χ4v) is 1.96. The maximum atomic E-state index is 12.1. The molecule has 94 valence electrons. The van der Waals surface area contributed by atoms with Crippen LogP contribution in [0.15, 0.2) is 18.2 Å². The molecular weight excluding hydrogens is 212 g/mol. The third-order valence-electron chi connectivity index (χ3n) is 2.93. The number of nitrogens with one attached hydrogen (secondary N) is 1. The molecule has 17 heavy (non-hydrogen) atoms. The Morgan fingerprint density at radius 3 is 2.47 bits per heavy atom. The van der Waals surface area contributed by atoms with Gasteiger partial charge in [-0.2, -0.15) is 0 Å². The smallest absolute Gasteiger partial charge is 0.252 e. The molecule has 1 atom stereocenters. The van der Waals surface area contributed by atoms with Gasteiger partial charge < -0.3 is 11.1 Å². The van der Waals surface area contributed by atoms with Gasteiger partial charge in [0.2, 0.25) is 0 Å². The van der Waals surface area contributed by atoms with Crippen LogP contribution in [0.4, 0.5) is 0 Å². The van der Waals surface area contributed by atoms with Crippen LogP contribution in [0.25, 0.3) is 0 Å². The third-order valence-corrected chi connectivity index (χ3v) is 2.93. The summed E-state index contributed by atoms with van der Waals surface area (Å²) in [5, 5.41) is 3.02. The third kappa shape index (κ3) is 3.86. The van der Waals surface area contributed by atoms with Gasteiger partial charge in [0.1, 0.15) is 0 Å². The number of carbonyl (C=O) groups excluding carboxylic acids is 1. The summed E-state index contributed by atoms with van der Waals surface area (Å²) in [5.74, 6) is 0.0186. The predicted molar refractivity (Wildman–Crippen MR) is 71.1 cm³/mol. The molecule has 1 aromatic rings. The number of nitrogens with two attached hydrogens (primary N) is 1. The summed E-state index contributed by atoms with van der Waals surface area (Å²) in [7, 11) is 0. The molecular formula is C14H22N2O. The monoisotopic (exact) mass is 234 g/mol. The molecule has 0 bridgehead atoms. The number of benzene rings is 1. The van der Waals surface area contributed by atoms with Crippen molar-refractivity contribution < 1.29 is 4.79 Å². The molecule has 0 spiro atoms. The number of rotatable bonds is 5. The van der Waals surface area contributed by atoms with E-state index in [0.29, 0.717) is 6.54 Å². The minimum absolute atomic E-state index is 0.0186. The Bertz CT molecular complexity index is 368. The first-order chi connectivity index (χ1) is 8.06. The van der Waals surface area contributed by atoms with E-state index in [9.17, 15) is 4.79 Å². The zero-order valence-electron chi connectivity index (χ0n) is 10.9. The molecule has 3 N–H and O–H groups in total. The lowest BCUT2D eigenvalue weighted by Crippen LogP contribution is -2.33. The average molecular weight is 234 g/mol. The Kier molecular flexibility index (Phi) is 5.16. The van der Waals surface area contributed by atoms with Gasteiger partial charge in [-0.25, -0.2) is 0 Å². The average Bonchev–Trinajstić information content (AvgIpc) is 2.26. The van der Waals surface area contributed by atoms with E-state index in [1.54, 1.807) is 0 Å². The molecule has 0 radical (unpaired) electrons. The molecule has 1 aromatic carbocycles. The van der Waals surface area contributed by atoms with Crippen molar-refractivity contribution in [3.05, 3.63) is 34.9 Å². The number of carbonyl (C=O) groups is 1. The lowest BCUT2D eigenvalue weighted by Gasteiger charge is -2.15. The number of hydrogen-bond donors (Lipinski definition) is 2. The summed E-state index contributed by atoms with van der Waals surface area (Å²) < 4.78 is 0. The van der Waals surface area contributed by atoms with Crippen molar-refractivity contribution in [3.63, 3.8) is 0 Å². The first kappa shape index (κ1) is 13.7. The Balaban J connectivity index is 2.70. The van der Waals surface area contributed by atoms with Crippen LogP contribution < -0.4 is 11.1 Å². The molecule has 3 heteroatoms. The molecule has 1 amide bonds. The molecule has 0 aliphatic carbocycles. The Labute approximate surface area is 103 Å². The molecule has 3 nitrogen and oxygen atoms in total. The van der Waals surface area contributed by atoms with Crippen molar-refractivity contribution in [3.8, 4) is 0 Å². The second kappa shape index (κ2) is 6.40. The Morgan fingerprint density at radius 1 is 1.35 bits per heavy atom. The van der Waals surface area contributed by atoms with Crippen molar-refractivity contribution in [2.24, 2.45) is 5.73 Å². The van der Waals surface area contributed by atoms with Crippen molar-refractivity contribution in [1.29, 1.82) is 0 Å². The highest BCUT2D eigenvalue weighted by Gasteiger charge is 2.13. The van der Waals surface area contributed by atoms with Gasteiger partial charge in [-0.05, 0) is 51.3 Å². The summed E-state index contributed by atoms with van der Waals surface area (Å²) in [6, 6.07) is 6.07. The molecule has 1 rings (SSSR count). The minimum atomic E-state index is 0.0186. The van der Waals surface area contributed by atoms with Gasteiger partial charge in [-0.1, -0.05) is 18.2 Å². The van der Waals surface area contributed by atoms with E-state index in [0.717, 1.165) is 29.5 Å². The van der Waals surface area contributed by atoms with E-state index in [2.05, 4.69) is 5.32 Å². The van der Waals surface area contributed by atoms with Gasteiger partial charge in [0.15, 0.2) is 0 Å². The number of hydrogen-bond acceptors (Lipinski definition) is 2. The van der Waals surface area contributed by atoms with E-state index >= 15 is 0 Å². The highest BCUT2D eigenvalue weighted by molar-refractivity contribution is 5.97. The lowest BCUT2D eigenvalue weighted by molar-refractivity contribution is 0.0937. The van der Waals surface area contributed by atoms with Crippen LogP contribution in [0, 0.1) is 13.8 Å². The number of aryl methyl sites for hydroxylation is 2.